The van der Waals surface area contributed by atoms with Crippen molar-refractivity contribution >= 4 is 23.2 Å². The molecule has 0 radical (unpaired) electrons. The molecule has 0 fully saturated rings. The SMILES string of the molecule is O=C1Cc2cc(CCn3cncn3)c(Cl)cc2N1. The van der Waals surface area contributed by atoms with Crippen LogP contribution in [0, 0.1) is 0 Å². The highest BCUT2D eigenvalue weighted by Crippen LogP contribution is 2.30. The van der Waals surface area contributed by atoms with Crippen molar-refractivity contribution in [2.75, 3.05) is 5.32 Å². The first kappa shape index (κ1) is 11.2. The molecule has 1 N–H and O–H groups in total. The van der Waals surface area contributed by atoms with E-state index in [9.17, 15) is 4.79 Å². The van der Waals surface area contributed by atoms with Gasteiger partial charge in [0.1, 0.15) is 12.7 Å². The molecule has 1 aliphatic rings. The van der Waals surface area contributed by atoms with Gasteiger partial charge in [0.15, 0.2) is 0 Å². The fraction of sp³-hybridized carbons (Fsp3) is 0.250. The average Bonchev–Trinajstić information content (AvgIpc) is 2.94. The van der Waals surface area contributed by atoms with Crippen LogP contribution >= 0.6 is 11.6 Å². The molecule has 1 aromatic heterocycles. The number of carbonyl (C=O) groups is 1. The van der Waals surface area contributed by atoms with Crippen molar-refractivity contribution in [3.8, 4) is 0 Å². The Morgan fingerprint density at radius 2 is 2.33 bits per heavy atom. The predicted molar refractivity (Wildman–Crippen MR) is 67.5 cm³/mol. The van der Waals surface area contributed by atoms with Gasteiger partial charge < -0.3 is 5.32 Å². The third kappa shape index (κ3) is 2.09. The molecule has 18 heavy (non-hydrogen) atoms. The van der Waals surface area contributed by atoms with Crippen molar-refractivity contribution < 1.29 is 4.79 Å². The molecule has 3 rings (SSSR count). The Morgan fingerprint density at radius 3 is 3.11 bits per heavy atom. The lowest BCUT2D eigenvalue weighted by atomic mass is 10.1. The minimum absolute atomic E-state index is 0.0227. The summed E-state index contributed by atoms with van der Waals surface area (Å²) in [7, 11) is 0. The fourth-order valence-corrected chi connectivity index (χ4v) is 2.33. The fourth-order valence-electron chi connectivity index (χ4n) is 2.07. The van der Waals surface area contributed by atoms with Gasteiger partial charge in [-0.05, 0) is 23.6 Å². The quantitative estimate of drug-likeness (QED) is 0.915. The van der Waals surface area contributed by atoms with Crippen LogP contribution in [0.15, 0.2) is 24.8 Å². The highest BCUT2D eigenvalue weighted by Gasteiger charge is 2.19. The van der Waals surface area contributed by atoms with Gasteiger partial charge in [0.05, 0.1) is 6.42 Å². The van der Waals surface area contributed by atoms with E-state index in [2.05, 4.69) is 15.4 Å². The lowest BCUT2D eigenvalue weighted by Gasteiger charge is -2.07. The first-order valence-corrected chi connectivity index (χ1v) is 6.04. The second-order valence-electron chi connectivity index (χ2n) is 4.23. The summed E-state index contributed by atoms with van der Waals surface area (Å²) < 4.78 is 1.76. The maximum Gasteiger partial charge on any atom is 0.228 e. The third-order valence-electron chi connectivity index (χ3n) is 2.97. The molecule has 1 aliphatic heterocycles. The van der Waals surface area contributed by atoms with Gasteiger partial charge in [-0.1, -0.05) is 17.7 Å². The van der Waals surface area contributed by atoms with Gasteiger partial charge >= 0.3 is 0 Å². The third-order valence-corrected chi connectivity index (χ3v) is 3.33. The molecule has 0 saturated carbocycles. The molecule has 6 heteroatoms. The summed E-state index contributed by atoms with van der Waals surface area (Å²) in [4.78, 5) is 15.2. The van der Waals surface area contributed by atoms with Gasteiger partial charge in [-0.3, -0.25) is 9.48 Å². The number of aryl methyl sites for hydroxylation is 2. The number of anilines is 1. The van der Waals surface area contributed by atoms with Crippen molar-refractivity contribution in [1.29, 1.82) is 0 Å². The average molecular weight is 263 g/mol. The summed E-state index contributed by atoms with van der Waals surface area (Å²) in [5.41, 5.74) is 2.87. The Bertz CT molecular complexity index is 594. The van der Waals surface area contributed by atoms with Crippen molar-refractivity contribution in [3.05, 3.63) is 40.9 Å². The van der Waals surface area contributed by atoms with Gasteiger partial charge in [-0.2, -0.15) is 5.10 Å². The first-order valence-electron chi connectivity index (χ1n) is 5.66. The minimum Gasteiger partial charge on any atom is -0.325 e. The van der Waals surface area contributed by atoms with Crippen LogP contribution in [0.5, 0.6) is 0 Å². The van der Waals surface area contributed by atoms with Crippen molar-refractivity contribution in [2.24, 2.45) is 0 Å². The molecular formula is C12H11ClN4O. The molecule has 0 saturated heterocycles. The van der Waals surface area contributed by atoms with E-state index in [1.165, 1.54) is 6.33 Å². The minimum atomic E-state index is 0.0227. The number of nitrogens with one attached hydrogen (secondary N) is 1. The predicted octanol–water partition coefficient (Wildman–Crippen LogP) is 1.67. The molecule has 5 nitrogen and oxygen atoms in total. The van der Waals surface area contributed by atoms with Gasteiger partial charge in [-0.15, -0.1) is 0 Å². The van der Waals surface area contributed by atoms with E-state index in [1.807, 2.05) is 12.1 Å². The van der Waals surface area contributed by atoms with Crippen LogP contribution in [0.25, 0.3) is 0 Å². The number of hydrogen-bond acceptors (Lipinski definition) is 3. The second-order valence-corrected chi connectivity index (χ2v) is 4.64. The molecule has 2 heterocycles. The highest BCUT2D eigenvalue weighted by atomic mass is 35.5. The summed E-state index contributed by atoms with van der Waals surface area (Å²) in [6, 6.07) is 3.81. The van der Waals surface area contributed by atoms with Gasteiger partial charge in [0.25, 0.3) is 0 Å². The van der Waals surface area contributed by atoms with E-state index in [1.54, 1.807) is 11.0 Å². The molecule has 0 atom stereocenters. The van der Waals surface area contributed by atoms with Crippen LogP contribution in [0.4, 0.5) is 5.69 Å². The highest BCUT2D eigenvalue weighted by molar-refractivity contribution is 6.31. The van der Waals surface area contributed by atoms with E-state index in [4.69, 9.17) is 11.6 Å². The van der Waals surface area contributed by atoms with Gasteiger partial charge in [0, 0.05) is 17.3 Å². The maximum absolute atomic E-state index is 11.3. The molecule has 2 aromatic rings. The number of nitrogens with zero attached hydrogens (tertiary/aromatic N) is 3. The summed E-state index contributed by atoms with van der Waals surface area (Å²) in [5, 5.41) is 7.50. The Hall–Kier alpha value is -1.88. The molecular weight excluding hydrogens is 252 g/mol. The molecule has 0 bridgehead atoms. The molecule has 92 valence electrons. The second kappa shape index (κ2) is 4.42. The van der Waals surface area contributed by atoms with E-state index >= 15 is 0 Å². The monoisotopic (exact) mass is 262 g/mol. The molecule has 1 aromatic carbocycles. The zero-order chi connectivity index (χ0) is 12.5. The van der Waals surface area contributed by atoms with Crippen LogP contribution < -0.4 is 5.32 Å². The number of benzene rings is 1. The Kier molecular flexibility index (Phi) is 2.76. The van der Waals surface area contributed by atoms with Crippen LogP contribution in [0.2, 0.25) is 5.02 Å². The van der Waals surface area contributed by atoms with Crippen LogP contribution in [0.3, 0.4) is 0 Å². The largest absolute Gasteiger partial charge is 0.325 e. The van der Waals surface area contributed by atoms with Crippen LogP contribution in [0.1, 0.15) is 11.1 Å². The maximum atomic E-state index is 11.3. The molecule has 0 unspecified atom stereocenters. The number of amides is 1. The molecule has 0 spiro atoms. The lowest BCUT2D eigenvalue weighted by Crippen LogP contribution is -2.03. The van der Waals surface area contributed by atoms with Crippen molar-refractivity contribution in [3.63, 3.8) is 0 Å². The first-order chi connectivity index (χ1) is 8.72. The zero-order valence-corrected chi connectivity index (χ0v) is 10.3. The van der Waals surface area contributed by atoms with Crippen molar-refractivity contribution in [1.82, 2.24) is 14.8 Å². The Balaban J connectivity index is 1.80. The van der Waals surface area contributed by atoms with E-state index in [-0.39, 0.29) is 5.91 Å². The standard InChI is InChI=1S/C12H11ClN4O/c13-10-5-11-9(4-12(18)16-11)3-8(10)1-2-17-7-14-6-15-17/h3,5-7H,1-2,4H2,(H,16,18). The number of fused-ring (bicyclic) bond motifs is 1. The number of rotatable bonds is 3. The van der Waals surface area contributed by atoms with E-state index in [0.29, 0.717) is 11.4 Å². The number of hydrogen-bond donors (Lipinski definition) is 1. The Morgan fingerprint density at radius 1 is 1.44 bits per heavy atom. The van der Waals surface area contributed by atoms with Crippen molar-refractivity contribution in [2.45, 2.75) is 19.4 Å². The smallest absolute Gasteiger partial charge is 0.228 e. The number of aromatic nitrogens is 3. The molecule has 1 amide bonds. The topological polar surface area (TPSA) is 59.8 Å². The summed E-state index contributed by atoms with van der Waals surface area (Å²) in [5.74, 6) is 0.0227. The van der Waals surface area contributed by atoms with Gasteiger partial charge in [0.2, 0.25) is 5.91 Å². The normalized spacial score (nSPS) is 13.5. The van der Waals surface area contributed by atoms with E-state index < -0.39 is 0 Å². The summed E-state index contributed by atoms with van der Waals surface area (Å²) in [6.45, 7) is 0.722. The number of carbonyl (C=O) groups excluding carboxylic acids is 1. The van der Waals surface area contributed by atoms with Gasteiger partial charge in [-0.25, -0.2) is 4.98 Å². The van der Waals surface area contributed by atoms with Crippen LogP contribution in [-0.2, 0) is 24.2 Å². The summed E-state index contributed by atoms with van der Waals surface area (Å²) in [6.07, 6.45) is 4.38. The van der Waals surface area contributed by atoms with Crippen LogP contribution in [-0.4, -0.2) is 20.7 Å². The summed E-state index contributed by atoms with van der Waals surface area (Å²) >= 11 is 6.20. The Labute approximate surface area is 109 Å². The lowest BCUT2D eigenvalue weighted by molar-refractivity contribution is -0.115. The number of halogens is 1. The van der Waals surface area contributed by atoms with E-state index in [0.717, 1.165) is 29.8 Å². The molecule has 0 aliphatic carbocycles. The zero-order valence-electron chi connectivity index (χ0n) is 9.56.